The number of carbonyl (C=O) groups is 2. The van der Waals surface area contributed by atoms with Crippen LogP contribution in [0.25, 0.3) is 0 Å². The van der Waals surface area contributed by atoms with Crippen molar-refractivity contribution in [2.45, 2.75) is 70.7 Å². The van der Waals surface area contributed by atoms with Crippen molar-refractivity contribution in [2.75, 3.05) is 19.7 Å². The molecular weight excluding hydrogens is 392 g/mol. The normalized spacial score (nSPS) is 26.4. The van der Waals surface area contributed by atoms with Gasteiger partial charge in [0.1, 0.15) is 5.60 Å². The third kappa shape index (κ3) is 5.93. The van der Waals surface area contributed by atoms with Gasteiger partial charge in [0.05, 0.1) is 12.7 Å². The summed E-state index contributed by atoms with van der Waals surface area (Å²) in [6.07, 6.45) is 1.48. The highest BCUT2D eigenvalue weighted by atomic mass is 35.5. The van der Waals surface area contributed by atoms with E-state index in [1.807, 2.05) is 24.3 Å². The fourth-order valence-electron chi connectivity index (χ4n) is 4.00. The number of ether oxygens (including phenoxy) is 2. The summed E-state index contributed by atoms with van der Waals surface area (Å²) in [5, 5.41) is 0.722. The smallest absolute Gasteiger partial charge is 0.417 e. The molecule has 1 aromatic rings. The van der Waals surface area contributed by atoms with Gasteiger partial charge in [-0.05, 0) is 58.2 Å². The van der Waals surface area contributed by atoms with Crippen LogP contribution in [-0.4, -0.2) is 65.3 Å². The van der Waals surface area contributed by atoms with Crippen LogP contribution in [0.4, 0.5) is 4.79 Å². The van der Waals surface area contributed by atoms with Gasteiger partial charge in [-0.25, -0.2) is 9.69 Å². The molecule has 160 valence electrons. The molecule has 0 N–H and O–H groups in total. The Morgan fingerprint density at radius 3 is 2.59 bits per heavy atom. The maximum Gasteiger partial charge on any atom is 0.417 e. The molecule has 3 rings (SSSR count). The predicted octanol–water partition coefficient (Wildman–Crippen LogP) is 3.90. The molecule has 0 saturated carbocycles. The first-order chi connectivity index (χ1) is 13.6. The Bertz CT molecular complexity index is 731. The number of piperidine rings is 1. The van der Waals surface area contributed by atoms with Crippen molar-refractivity contribution in [3.8, 4) is 0 Å². The lowest BCUT2D eigenvalue weighted by Crippen LogP contribution is -2.58. The van der Waals surface area contributed by atoms with Crippen molar-refractivity contribution >= 4 is 23.6 Å². The van der Waals surface area contributed by atoms with Crippen LogP contribution in [0.5, 0.6) is 0 Å². The summed E-state index contributed by atoms with van der Waals surface area (Å²) in [6, 6.07) is 8.17. The Hall–Kier alpha value is -1.63. The SMILES string of the molecule is C[C@H]1CN(C2CCN(C(=O)OC(C)(C)C)C(=O)C2)[C@@H](Cc2ccc(Cl)cc2)CO1. The molecule has 7 heteroatoms. The maximum atomic E-state index is 12.7. The van der Waals surface area contributed by atoms with E-state index in [4.69, 9.17) is 21.1 Å². The fraction of sp³-hybridized carbons (Fsp3) is 0.636. The van der Waals surface area contributed by atoms with Gasteiger partial charge in [0.2, 0.25) is 5.91 Å². The molecular formula is C22H31ClN2O4. The molecule has 0 radical (unpaired) electrons. The second-order valence-corrected chi connectivity index (χ2v) is 9.43. The van der Waals surface area contributed by atoms with Crippen molar-refractivity contribution in [1.29, 1.82) is 0 Å². The summed E-state index contributed by atoms with van der Waals surface area (Å²) in [5.41, 5.74) is 0.581. The number of amides is 2. The van der Waals surface area contributed by atoms with E-state index in [0.717, 1.165) is 24.4 Å². The average molecular weight is 423 g/mol. The van der Waals surface area contributed by atoms with Crippen LogP contribution in [0.1, 0.15) is 46.1 Å². The fourth-order valence-corrected chi connectivity index (χ4v) is 4.12. The lowest BCUT2D eigenvalue weighted by atomic mass is 9.96. The Kier molecular flexibility index (Phi) is 6.87. The van der Waals surface area contributed by atoms with E-state index < -0.39 is 11.7 Å². The van der Waals surface area contributed by atoms with E-state index >= 15 is 0 Å². The summed E-state index contributed by atoms with van der Waals surface area (Å²) < 4.78 is 11.3. The lowest BCUT2D eigenvalue weighted by molar-refractivity contribution is -0.138. The van der Waals surface area contributed by atoms with Gasteiger partial charge in [0.25, 0.3) is 0 Å². The number of hydrogen-bond acceptors (Lipinski definition) is 5. The van der Waals surface area contributed by atoms with E-state index in [-0.39, 0.29) is 24.1 Å². The van der Waals surface area contributed by atoms with Gasteiger partial charge in [-0.15, -0.1) is 0 Å². The van der Waals surface area contributed by atoms with E-state index in [2.05, 4.69) is 11.8 Å². The van der Waals surface area contributed by atoms with Crippen LogP contribution in [-0.2, 0) is 20.7 Å². The second-order valence-electron chi connectivity index (χ2n) is 9.00. The summed E-state index contributed by atoms with van der Waals surface area (Å²) in [4.78, 5) is 28.7. The Morgan fingerprint density at radius 2 is 1.97 bits per heavy atom. The third-order valence-electron chi connectivity index (χ3n) is 5.37. The van der Waals surface area contributed by atoms with Crippen LogP contribution < -0.4 is 0 Å². The zero-order valence-electron chi connectivity index (χ0n) is 17.7. The molecule has 2 saturated heterocycles. The van der Waals surface area contributed by atoms with Gasteiger partial charge < -0.3 is 9.47 Å². The molecule has 2 aliphatic rings. The lowest BCUT2D eigenvalue weighted by Gasteiger charge is -2.45. The Balaban J connectivity index is 1.66. The number of likely N-dealkylation sites (tertiary alicyclic amines) is 1. The molecule has 0 aliphatic carbocycles. The molecule has 2 heterocycles. The van der Waals surface area contributed by atoms with Crippen molar-refractivity contribution in [3.05, 3.63) is 34.9 Å². The number of imide groups is 1. The molecule has 2 fully saturated rings. The molecule has 2 aliphatic heterocycles. The Morgan fingerprint density at radius 1 is 1.28 bits per heavy atom. The van der Waals surface area contributed by atoms with Crippen LogP contribution in [0.3, 0.4) is 0 Å². The van der Waals surface area contributed by atoms with Crippen LogP contribution in [0, 0.1) is 0 Å². The molecule has 3 atom stereocenters. The summed E-state index contributed by atoms with van der Waals surface area (Å²) in [7, 11) is 0. The van der Waals surface area contributed by atoms with E-state index in [1.54, 1.807) is 20.8 Å². The van der Waals surface area contributed by atoms with Crippen molar-refractivity contribution in [1.82, 2.24) is 9.80 Å². The molecule has 0 bridgehead atoms. The minimum Gasteiger partial charge on any atom is -0.443 e. The molecule has 1 aromatic carbocycles. The molecule has 0 aromatic heterocycles. The van der Waals surface area contributed by atoms with Gasteiger partial charge in [-0.2, -0.15) is 0 Å². The first-order valence-electron chi connectivity index (χ1n) is 10.3. The number of morpholine rings is 1. The largest absolute Gasteiger partial charge is 0.443 e. The molecule has 6 nitrogen and oxygen atoms in total. The van der Waals surface area contributed by atoms with Gasteiger partial charge in [-0.3, -0.25) is 9.69 Å². The van der Waals surface area contributed by atoms with Gasteiger partial charge in [0.15, 0.2) is 0 Å². The van der Waals surface area contributed by atoms with Crippen LogP contribution in [0.15, 0.2) is 24.3 Å². The van der Waals surface area contributed by atoms with Crippen LogP contribution in [0.2, 0.25) is 5.02 Å². The van der Waals surface area contributed by atoms with Gasteiger partial charge in [-0.1, -0.05) is 23.7 Å². The van der Waals surface area contributed by atoms with Gasteiger partial charge >= 0.3 is 6.09 Å². The molecule has 0 spiro atoms. The van der Waals surface area contributed by atoms with Gasteiger partial charge in [0, 0.05) is 36.6 Å². The van der Waals surface area contributed by atoms with E-state index in [9.17, 15) is 9.59 Å². The van der Waals surface area contributed by atoms with Crippen LogP contribution >= 0.6 is 11.6 Å². The zero-order chi connectivity index (χ0) is 21.2. The highest BCUT2D eigenvalue weighted by Crippen LogP contribution is 2.26. The first kappa shape index (κ1) is 22.1. The van der Waals surface area contributed by atoms with Crippen molar-refractivity contribution in [3.63, 3.8) is 0 Å². The number of halogens is 1. The number of carbonyl (C=O) groups excluding carboxylic acids is 2. The minimum absolute atomic E-state index is 0.102. The highest BCUT2D eigenvalue weighted by Gasteiger charge is 2.39. The minimum atomic E-state index is -0.614. The summed E-state index contributed by atoms with van der Waals surface area (Å²) >= 11 is 6.00. The number of nitrogens with zero attached hydrogens (tertiary/aromatic N) is 2. The summed E-state index contributed by atoms with van der Waals surface area (Å²) in [5.74, 6) is -0.167. The maximum absolute atomic E-state index is 12.7. The average Bonchev–Trinajstić information content (AvgIpc) is 2.63. The molecule has 2 amide bonds. The van der Waals surface area contributed by atoms with Crippen molar-refractivity contribution < 1.29 is 19.1 Å². The van der Waals surface area contributed by atoms with Crippen molar-refractivity contribution in [2.24, 2.45) is 0 Å². The van der Waals surface area contributed by atoms with E-state index in [0.29, 0.717) is 19.6 Å². The number of rotatable bonds is 3. The monoisotopic (exact) mass is 422 g/mol. The molecule has 29 heavy (non-hydrogen) atoms. The number of benzene rings is 1. The molecule has 1 unspecified atom stereocenters. The highest BCUT2D eigenvalue weighted by molar-refractivity contribution is 6.30. The number of hydrogen-bond donors (Lipinski definition) is 0. The Labute approximate surface area is 178 Å². The predicted molar refractivity (Wildman–Crippen MR) is 112 cm³/mol. The third-order valence-corrected chi connectivity index (χ3v) is 5.63. The zero-order valence-corrected chi connectivity index (χ0v) is 18.4. The second kappa shape index (κ2) is 9.02. The standard InChI is InChI=1S/C22H31ClN2O4/c1-15-13-25(19(14-28-15)11-16-5-7-17(23)8-6-16)18-9-10-24(20(26)12-18)21(27)29-22(2,3)4/h5-8,15,18-19H,9-14H2,1-4H3/t15-,18?,19-/m0/s1. The summed E-state index contributed by atoms with van der Waals surface area (Å²) in [6.45, 7) is 9.27. The topological polar surface area (TPSA) is 59.1 Å². The first-order valence-corrected chi connectivity index (χ1v) is 10.7. The quantitative estimate of drug-likeness (QED) is 0.739. The van der Waals surface area contributed by atoms with E-state index in [1.165, 1.54) is 10.5 Å².